The van der Waals surface area contributed by atoms with Crippen LogP contribution in [0.5, 0.6) is 0 Å². The van der Waals surface area contributed by atoms with E-state index in [0.717, 1.165) is 25.7 Å². The second-order valence-electron chi connectivity index (χ2n) is 4.89. The lowest BCUT2D eigenvalue weighted by molar-refractivity contribution is 0.0934. The molecule has 1 aliphatic rings. The smallest absolute Gasteiger partial charge is 0.253 e. The van der Waals surface area contributed by atoms with Crippen LogP contribution in [0.4, 0.5) is 10.1 Å². The van der Waals surface area contributed by atoms with Gasteiger partial charge in [0.05, 0.1) is 5.56 Å². The van der Waals surface area contributed by atoms with Crippen LogP contribution < -0.4 is 11.1 Å². The van der Waals surface area contributed by atoms with Crippen molar-refractivity contribution < 1.29 is 9.18 Å². The maximum Gasteiger partial charge on any atom is 0.253 e. The molecule has 0 unspecified atom stereocenters. The molecule has 1 saturated carbocycles. The highest BCUT2D eigenvalue weighted by molar-refractivity contribution is 5.99. The first kappa shape index (κ1) is 12.9. The van der Waals surface area contributed by atoms with Gasteiger partial charge in [-0.1, -0.05) is 25.7 Å². The maximum absolute atomic E-state index is 13.1. The van der Waals surface area contributed by atoms with Gasteiger partial charge in [0.1, 0.15) is 5.82 Å². The van der Waals surface area contributed by atoms with Gasteiger partial charge in [-0.05, 0) is 31.0 Å². The molecule has 2 rings (SSSR count). The van der Waals surface area contributed by atoms with Crippen LogP contribution in [0.1, 0.15) is 48.9 Å². The van der Waals surface area contributed by atoms with Crippen molar-refractivity contribution in [2.75, 3.05) is 5.73 Å². The van der Waals surface area contributed by atoms with Crippen molar-refractivity contribution in [1.29, 1.82) is 0 Å². The Morgan fingerprint density at radius 1 is 1.22 bits per heavy atom. The number of nitrogens with two attached hydrogens (primary N) is 1. The van der Waals surface area contributed by atoms with Crippen molar-refractivity contribution >= 4 is 11.6 Å². The van der Waals surface area contributed by atoms with E-state index >= 15 is 0 Å². The summed E-state index contributed by atoms with van der Waals surface area (Å²) in [6.45, 7) is 0. The van der Waals surface area contributed by atoms with E-state index in [-0.39, 0.29) is 17.5 Å². The molecule has 18 heavy (non-hydrogen) atoms. The lowest BCUT2D eigenvalue weighted by Gasteiger charge is -2.16. The Morgan fingerprint density at radius 3 is 2.56 bits per heavy atom. The lowest BCUT2D eigenvalue weighted by atomic mass is 10.1. The number of benzene rings is 1. The normalized spacial score (nSPS) is 17.2. The first-order chi connectivity index (χ1) is 8.66. The Kier molecular flexibility index (Phi) is 4.18. The molecule has 4 heteroatoms. The SMILES string of the molecule is Nc1ccc(F)cc1C(=O)NC1CCCCCC1. The Labute approximate surface area is 107 Å². The van der Waals surface area contributed by atoms with Gasteiger partial charge in [-0.2, -0.15) is 0 Å². The largest absolute Gasteiger partial charge is 0.398 e. The average Bonchev–Trinajstić information content (AvgIpc) is 2.61. The van der Waals surface area contributed by atoms with Gasteiger partial charge in [-0.15, -0.1) is 0 Å². The number of halogens is 1. The first-order valence-electron chi connectivity index (χ1n) is 6.52. The van der Waals surface area contributed by atoms with Gasteiger partial charge in [-0.25, -0.2) is 4.39 Å². The quantitative estimate of drug-likeness (QED) is 0.626. The third-order valence-electron chi connectivity index (χ3n) is 3.45. The lowest BCUT2D eigenvalue weighted by Crippen LogP contribution is -2.34. The number of amides is 1. The monoisotopic (exact) mass is 250 g/mol. The fraction of sp³-hybridized carbons (Fsp3) is 0.500. The highest BCUT2D eigenvalue weighted by Crippen LogP contribution is 2.19. The zero-order chi connectivity index (χ0) is 13.0. The van der Waals surface area contributed by atoms with Gasteiger partial charge in [0, 0.05) is 11.7 Å². The second-order valence-corrected chi connectivity index (χ2v) is 4.89. The number of carbonyl (C=O) groups excluding carboxylic acids is 1. The molecule has 1 fully saturated rings. The van der Waals surface area contributed by atoms with Crippen LogP contribution in [-0.2, 0) is 0 Å². The minimum atomic E-state index is -0.435. The zero-order valence-electron chi connectivity index (χ0n) is 10.4. The Morgan fingerprint density at radius 2 is 1.89 bits per heavy atom. The molecule has 0 spiro atoms. The second kappa shape index (κ2) is 5.85. The summed E-state index contributed by atoms with van der Waals surface area (Å²) in [5.74, 6) is -0.700. The molecule has 0 bridgehead atoms. The number of hydrogen-bond acceptors (Lipinski definition) is 2. The van der Waals surface area contributed by atoms with Gasteiger partial charge in [0.25, 0.3) is 5.91 Å². The summed E-state index contributed by atoms with van der Waals surface area (Å²) in [7, 11) is 0. The third-order valence-corrected chi connectivity index (χ3v) is 3.45. The number of anilines is 1. The van der Waals surface area contributed by atoms with E-state index < -0.39 is 5.82 Å². The molecule has 98 valence electrons. The van der Waals surface area contributed by atoms with E-state index in [9.17, 15) is 9.18 Å². The molecular formula is C14H19FN2O. The highest BCUT2D eigenvalue weighted by Gasteiger charge is 2.17. The maximum atomic E-state index is 13.1. The van der Waals surface area contributed by atoms with E-state index in [4.69, 9.17) is 5.73 Å². The standard InChI is InChI=1S/C14H19FN2O/c15-10-7-8-13(16)12(9-10)14(18)17-11-5-3-1-2-4-6-11/h7-9,11H,1-6,16H2,(H,17,18). The number of nitrogens with one attached hydrogen (secondary N) is 1. The van der Waals surface area contributed by atoms with Crippen molar-refractivity contribution in [2.24, 2.45) is 0 Å². The summed E-state index contributed by atoms with van der Waals surface area (Å²) in [6.07, 6.45) is 6.75. The summed E-state index contributed by atoms with van der Waals surface area (Å²) < 4.78 is 13.1. The molecule has 1 aromatic rings. The summed E-state index contributed by atoms with van der Waals surface area (Å²) in [4.78, 5) is 12.0. The minimum absolute atomic E-state index is 0.197. The topological polar surface area (TPSA) is 55.1 Å². The van der Waals surface area contributed by atoms with Gasteiger partial charge in [-0.3, -0.25) is 4.79 Å². The predicted molar refractivity (Wildman–Crippen MR) is 69.8 cm³/mol. The molecular weight excluding hydrogens is 231 g/mol. The molecule has 3 N–H and O–H groups in total. The molecule has 0 saturated heterocycles. The Bertz CT molecular complexity index is 426. The molecule has 0 aliphatic heterocycles. The zero-order valence-corrected chi connectivity index (χ0v) is 10.4. The highest BCUT2D eigenvalue weighted by atomic mass is 19.1. The average molecular weight is 250 g/mol. The van der Waals surface area contributed by atoms with Crippen molar-refractivity contribution in [2.45, 2.75) is 44.6 Å². The van der Waals surface area contributed by atoms with E-state index in [1.807, 2.05) is 0 Å². The molecule has 0 atom stereocenters. The summed E-state index contributed by atoms with van der Waals surface area (Å²) in [5, 5.41) is 2.96. The van der Waals surface area contributed by atoms with Gasteiger partial charge >= 0.3 is 0 Å². The van der Waals surface area contributed by atoms with Gasteiger partial charge in [0.2, 0.25) is 0 Å². The minimum Gasteiger partial charge on any atom is -0.398 e. The van der Waals surface area contributed by atoms with Crippen molar-refractivity contribution in [3.63, 3.8) is 0 Å². The van der Waals surface area contributed by atoms with Crippen LogP contribution >= 0.6 is 0 Å². The number of carbonyl (C=O) groups is 1. The van der Waals surface area contributed by atoms with Crippen LogP contribution in [0.25, 0.3) is 0 Å². The predicted octanol–water partition coefficient (Wildman–Crippen LogP) is 2.86. The van der Waals surface area contributed by atoms with E-state index in [1.54, 1.807) is 0 Å². The molecule has 1 aromatic carbocycles. The number of hydrogen-bond donors (Lipinski definition) is 2. The van der Waals surface area contributed by atoms with E-state index in [1.165, 1.54) is 31.0 Å². The van der Waals surface area contributed by atoms with Crippen LogP contribution in [0.15, 0.2) is 18.2 Å². The molecule has 3 nitrogen and oxygen atoms in total. The number of rotatable bonds is 2. The third kappa shape index (κ3) is 3.22. The molecule has 1 amide bonds. The van der Waals surface area contributed by atoms with Gasteiger partial charge < -0.3 is 11.1 Å². The Balaban J connectivity index is 2.04. The van der Waals surface area contributed by atoms with Crippen LogP contribution in [-0.4, -0.2) is 11.9 Å². The summed E-state index contributed by atoms with van der Waals surface area (Å²) >= 11 is 0. The number of nitrogen functional groups attached to an aromatic ring is 1. The van der Waals surface area contributed by atoms with E-state index in [2.05, 4.69) is 5.32 Å². The first-order valence-corrected chi connectivity index (χ1v) is 6.52. The summed E-state index contributed by atoms with van der Waals surface area (Å²) in [5.41, 5.74) is 6.26. The molecule has 0 radical (unpaired) electrons. The van der Waals surface area contributed by atoms with Gasteiger partial charge in [0.15, 0.2) is 0 Å². The summed E-state index contributed by atoms with van der Waals surface area (Å²) in [6, 6.07) is 4.08. The fourth-order valence-corrected chi connectivity index (χ4v) is 2.41. The van der Waals surface area contributed by atoms with Crippen molar-refractivity contribution in [3.8, 4) is 0 Å². The van der Waals surface area contributed by atoms with E-state index in [0.29, 0.717) is 5.69 Å². The fourth-order valence-electron chi connectivity index (χ4n) is 2.41. The van der Waals surface area contributed by atoms with Crippen molar-refractivity contribution in [3.05, 3.63) is 29.6 Å². The molecule has 0 aromatic heterocycles. The van der Waals surface area contributed by atoms with Crippen LogP contribution in [0, 0.1) is 5.82 Å². The Hall–Kier alpha value is -1.58. The van der Waals surface area contributed by atoms with Crippen molar-refractivity contribution in [1.82, 2.24) is 5.32 Å². The van der Waals surface area contributed by atoms with Crippen LogP contribution in [0.2, 0.25) is 0 Å². The molecule has 0 heterocycles. The molecule has 1 aliphatic carbocycles. The van der Waals surface area contributed by atoms with Crippen LogP contribution in [0.3, 0.4) is 0 Å².